The molecule has 4 heteroatoms. The van der Waals surface area contributed by atoms with E-state index in [9.17, 15) is 15.0 Å². The van der Waals surface area contributed by atoms with E-state index in [2.05, 4.69) is 20.8 Å². The van der Waals surface area contributed by atoms with Crippen molar-refractivity contribution in [1.82, 2.24) is 0 Å². The molecule has 0 spiro atoms. The van der Waals surface area contributed by atoms with Crippen molar-refractivity contribution in [3.63, 3.8) is 0 Å². The van der Waals surface area contributed by atoms with Crippen LogP contribution in [0.2, 0.25) is 0 Å². The van der Waals surface area contributed by atoms with Crippen LogP contribution in [0.4, 0.5) is 0 Å². The molecule has 0 aromatic heterocycles. The van der Waals surface area contributed by atoms with Gasteiger partial charge in [0.25, 0.3) is 6.47 Å². The molecule has 1 aromatic carbocycles. The van der Waals surface area contributed by atoms with Crippen molar-refractivity contribution in [3.05, 3.63) is 23.3 Å². The fourth-order valence-electron chi connectivity index (χ4n) is 3.49. The number of phenolic OH excluding ortho intramolecular Hbond substituents is 2. The summed E-state index contributed by atoms with van der Waals surface area (Å²) in [5.41, 5.74) is 1.49. The minimum atomic E-state index is -0.472. The topological polar surface area (TPSA) is 66.8 Å². The summed E-state index contributed by atoms with van der Waals surface area (Å²) in [6, 6.07) is 3.54. The number of ether oxygens (including phenoxy) is 1. The maximum Gasteiger partial charge on any atom is 0.293 e. The lowest BCUT2D eigenvalue weighted by molar-refractivity contribution is -0.140. The zero-order chi connectivity index (χ0) is 21.2. The van der Waals surface area contributed by atoms with Gasteiger partial charge in [-0.05, 0) is 75.8 Å². The first-order valence-corrected chi connectivity index (χ1v) is 10.7. The largest absolute Gasteiger partial charge is 0.508 e. The van der Waals surface area contributed by atoms with Gasteiger partial charge in [-0.15, -0.1) is 0 Å². The summed E-state index contributed by atoms with van der Waals surface area (Å²) in [4.78, 5) is 10.5. The molecule has 0 bridgehead atoms. The van der Waals surface area contributed by atoms with Gasteiger partial charge in [-0.25, -0.2) is 0 Å². The van der Waals surface area contributed by atoms with Crippen LogP contribution in [0.15, 0.2) is 12.1 Å². The van der Waals surface area contributed by atoms with E-state index in [0.717, 1.165) is 44.1 Å². The third-order valence-corrected chi connectivity index (χ3v) is 5.29. The molecule has 0 saturated heterocycles. The molecule has 4 nitrogen and oxygen atoms in total. The molecule has 0 atom stereocenters. The van der Waals surface area contributed by atoms with Crippen LogP contribution in [0.25, 0.3) is 0 Å². The predicted octanol–water partition coefficient (Wildman–Crippen LogP) is 6.30. The lowest BCUT2D eigenvalue weighted by atomic mass is 9.89. The Labute approximate surface area is 171 Å². The Morgan fingerprint density at radius 3 is 2.11 bits per heavy atom. The number of hydrogen-bond donors (Lipinski definition) is 2. The first kappa shape index (κ1) is 24.3. The first-order valence-electron chi connectivity index (χ1n) is 10.7. The first-order chi connectivity index (χ1) is 13.1. The number of benzene rings is 1. The highest BCUT2D eigenvalue weighted by Crippen LogP contribution is 2.33. The number of carbonyl (C=O) groups excluding carboxylic acids is 1. The summed E-state index contributed by atoms with van der Waals surface area (Å²) in [6.45, 7) is 11.1. The number of phenols is 2. The smallest absolute Gasteiger partial charge is 0.293 e. The Hall–Kier alpha value is -1.71. The van der Waals surface area contributed by atoms with Gasteiger partial charge in [-0.1, -0.05) is 46.1 Å². The number of unbranched alkanes of at least 4 members (excludes halogenated alkanes) is 4. The van der Waals surface area contributed by atoms with Crippen molar-refractivity contribution in [1.29, 1.82) is 0 Å². The highest BCUT2D eigenvalue weighted by molar-refractivity contribution is 5.48. The van der Waals surface area contributed by atoms with E-state index in [4.69, 9.17) is 4.74 Å². The third-order valence-electron chi connectivity index (χ3n) is 5.29. The van der Waals surface area contributed by atoms with E-state index in [0.29, 0.717) is 23.9 Å². The van der Waals surface area contributed by atoms with Crippen molar-refractivity contribution < 1.29 is 19.7 Å². The monoisotopic (exact) mass is 392 g/mol. The summed E-state index contributed by atoms with van der Waals surface area (Å²) in [5.74, 6) is 0.410. The summed E-state index contributed by atoms with van der Waals surface area (Å²) in [5, 5.41) is 20.7. The second-order valence-corrected chi connectivity index (χ2v) is 9.73. The molecule has 0 saturated carbocycles. The van der Waals surface area contributed by atoms with Gasteiger partial charge in [-0.2, -0.15) is 0 Å². The molecule has 0 heterocycles. The zero-order valence-corrected chi connectivity index (χ0v) is 18.5. The molecule has 0 fully saturated rings. The lowest BCUT2D eigenvalue weighted by Gasteiger charge is -2.22. The van der Waals surface area contributed by atoms with Crippen molar-refractivity contribution in [2.45, 2.75) is 104 Å². The Balaban J connectivity index is 2.46. The SMILES string of the molecule is CC(C)(C)CCCCCCc1ccc(O)c(CCCCC(C)(C)OC=O)c1O. The third kappa shape index (κ3) is 9.48. The summed E-state index contributed by atoms with van der Waals surface area (Å²) in [7, 11) is 0. The van der Waals surface area contributed by atoms with E-state index in [1.54, 1.807) is 6.07 Å². The Morgan fingerprint density at radius 1 is 0.857 bits per heavy atom. The lowest BCUT2D eigenvalue weighted by Crippen LogP contribution is -2.23. The fraction of sp³-hybridized carbons (Fsp3) is 0.708. The van der Waals surface area contributed by atoms with Crippen LogP contribution < -0.4 is 0 Å². The Morgan fingerprint density at radius 2 is 1.46 bits per heavy atom. The van der Waals surface area contributed by atoms with Crippen LogP contribution in [0, 0.1) is 5.41 Å². The van der Waals surface area contributed by atoms with Crippen LogP contribution in [-0.2, 0) is 22.4 Å². The summed E-state index contributed by atoms with van der Waals surface area (Å²) >= 11 is 0. The average molecular weight is 393 g/mol. The highest BCUT2D eigenvalue weighted by atomic mass is 16.5. The van der Waals surface area contributed by atoms with Gasteiger partial charge in [0.1, 0.15) is 17.1 Å². The van der Waals surface area contributed by atoms with E-state index in [-0.39, 0.29) is 11.5 Å². The maximum absolute atomic E-state index is 10.6. The summed E-state index contributed by atoms with van der Waals surface area (Å²) < 4.78 is 5.06. The van der Waals surface area contributed by atoms with E-state index < -0.39 is 5.60 Å². The number of hydrogen-bond acceptors (Lipinski definition) is 4. The van der Waals surface area contributed by atoms with Gasteiger partial charge in [0, 0.05) is 5.56 Å². The molecule has 2 N–H and O–H groups in total. The normalized spacial score (nSPS) is 12.2. The molecule has 160 valence electrons. The predicted molar refractivity (Wildman–Crippen MR) is 115 cm³/mol. The molecular formula is C24H40O4. The molecular weight excluding hydrogens is 352 g/mol. The van der Waals surface area contributed by atoms with Crippen LogP contribution in [0.5, 0.6) is 11.5 Å². The molecule has 28 heavy (non-hydrogen) atoms. The van der Waals surface area contributed by atoms with Crippen LogP contribution in [-0.4, -0.2) is 22.3 Å². The molecule has 0 amide bonds. The highest BCUT2D eigenvalue weighted by Gasteiger charge is 2.18. The van der Waals surface area contributed by atoms with Crippen LogP contribution >= 0.6 is 0 Å². The van der Waals surface area contributed by atoms with Crippen molar-refractivity contribution in [2.24, 2.45) is 5.41 Å². The quantitative estimate of drug-likeness (QED) is 0.305. The average Bonchev–Trinajstić information content (AvgIpc) is 2.57. The van der Waals surface area contributed by atoms with Gasteiger partial charge in [-0.3, -0.25) is 4.79 Å². The van der Waals surface area contributed by atoms with E-state index in [1.165, 1.54) is 19.3 Å². The van der Waals surface area contributed by atoms with E-state index in [1.807, 2.05) is 19.9 Å². The van der Waals surface area contributed by atoms with Gasteiger partial charge < -0.3 is 14.9 Å². The molecule has 1 aromatic rings. The minimum absolute atomic E-state index is 0.162. The zero-order valence-electron chi connectivity index (χ0n) is 18.5. The van der Waals surface area contributed by atoms with Crippen LogP contribution in [0.3, 0.4) is 0 Å². The summed E-state index contributed by atoms with van der Waals surface area (Å²) in [6.07, 6.45) is 9.83. The Kier molecular flexibility index (Phi) is 9.84. The number of aromatic hydroxyl groups is 2. The fourth-order valence-corrected chi connectivity index (χ4v) is 3.49. The molecule has 0 aliphatic rings. The molecule has 0 aliphatic heterocycles. The second-order valence-electron chi connectivity index (χ2n) is 9.73. The van der Waals surface area contributed by atoms with Gasteiger partial charge in [0.05, 0.1) is 0 Å². The van der Waals surface area contributed by atoms with Crippen molar-refractivity contribution in [2.75, 3.05) is 0 Å². The van der Waals surface area contributed by atoms with Crippen molar-refractivity contribution in [3.8, 4) is 11.5 Å². The minimum Gasteiger partial charge on any atom is -0.508 e. The maximum atomic E-state index is 10.6. The molecule has 0 unspecified atom stereocenters. The van der Waals surface area contributed by atoms with Crippen molar-refractivity contribution >= 4 is 6.47 Å². The number of carbonyl (C=O) groups is 1. The standard InChI is InChI=1S/C24H40O4/c1-23(2,3)16-10-7-6-8-12-19-14-15-21(26)20(22(19)27)13-9-11-17-24(4,5)28-18-25/h14-15,18,26-27H,6-13,16-17H2,1-5H3. The molecule has 0 radical (unpaired) electrons. The number of aryl methyl sites for hydroxylation is 1. The molecule has 0 aliphatic carbocycles. The van der Waals surface area contributed by atoms with Crippen LogP contribution in [0.1, 0.15) is 97.1 Å². The number of rotatable bonds is 13. The Bertz CT molecular complexity index is 599. The molecule has 1 rings (SSSR count). The van der Waals surface area contributed by atoms with Gasteiger partial charge in [0.15, 0.2) is 0 Å². The van der Waals surface area contributed by atoms with Gasteiger partial charge in [0.2, 0.25) is 0 Å². The van der Waals surface area contributed by atoms with Gasteiger partial charge >= 0.3 is 0 Å². The second kappa shape index (κ2) is 11.3. The van der Waals surface area contributed by atoms with E-state index >= 15 is 0 Å².